The number of hydrogen-bond donors (Lipinski definition) is 2. The largest absolute Gasteiger partial charge is 0.497 e. The zero-order valence-corrected chi connectivity index (χ0v) is 13.0. The highest BCUT2D eigenvalue weighted by Crippen LogP contribution is 2.30. The predicted octanol–water partition coefficient (Wildman–Crippen LogP) is 4.08. The van der Waals surface area contributed by atoms with Gasteiger partial charge in [-0.2, -0.15) is 13.2 Å². The Kier molecular flexibility index (Phi) is 5.68. The van der Waals surface area contributed by atoms with Gasteiger partial charge in [-0.15, -0.1) is 0 Å². The summed E-state index contributed by atoms with van der Waals surface area (Å²) in [4.78, 5) is 11.8. The van der Waals surface area contributed by atoms with Crippen LogP contribution < -0.4 is 15.4 Å². The van der Waals surface area contributed by atoms with Crippen molar-refractivity contribution in [1.29, 1.82) is 0 Å². The fraction of sp³-hybridized carbons (Fsp3) is 0.235. The van der Waals surface area contributed by atoms with Gasteiger partial charge >= 0.3 is 12.2 Å². The van der Waals surface area contributed by atoms with Crippen LogP contribution in [0.3, 0.4) is 0 Å². The van der Waals surface area contributed by atoms with Crippen molar-refractivity contribution in [3.8, 4) is 5.75 Å². The first-order valence-electron chi connectivity index (χ1n) is 7.23. The molecule has 24 heavy (non-hydrogen) atoms. The summed E-state index contributed by atoms with van der Waals surface area (Å²) in [6, 6.07) is 11.3. The van der Waals surface area contributed by atoms with Crippen LogP contribution in [0.25, 0.3) is 0 Å². The van der Waals surface area contributed by atoms with Gasteiger partial charge in [0.1, 0.15) is 5.75 Å². The van der Waals surface area contributed by atoms with Crippen molar-refractivity contribution in [2.45, 2.75) is 12.6 Å². The van der Waals surface area contributed by atoms with Gasteiger partial charge in [0.2, 0.25) is 0 Å². The second-order valence-corrected chi connectivity index (χ2v) is 5.06. The van der Waals surface area contributed by atoms with Crippen LogP contribution in [-0.2, 0) is 12.6 Å². The van der Waals surface area contributed by atoms with E-state index in [1.807, 2.05) is 24.3 Å². The summed E-state index contributed by atoms with van der Waals surface area (Å²) in [5.41, 5.74) is 0.258. The van der Waals surface area contributed by atoms with Gasteiger partial charge in [-0.3, -0.25) is 0 Å². The van der Waals surface area contributed by atoms with Crippen molar-refractivity contribution in [2.24, 2.45) is 0 Å². The molecule has 0 spiro atoms. The van der Waals surface area contributed by atoms with Gasteiger partial charge in [0, 0.05) is 12.2 Å². The van der Waals surface area contributed by atoms with E-state index >= 15 is 0 Å². The van der Waals surface area contributed by atoms with Crippen LogP contribution in [0.4, 0.5) is 23.7 Å². The molecule has 2 aromatic carbocycles. The Morgan fingerprint density at radius 3 is 2.58 bits per heavy atom. The third kappa shape index (κ3) is 5.19. The lowest BCUT2D eigenvalue weighted by Gasteiger charge is -2.11. The highest BCUT2D eigenvalue weighted by Gasteiger charge is 2.30. The number of carbonyl (C=O) groups is 1. The smallest absolute Gasteiger partial charge is 0.416 e. The Labute approximate surface area is 137 Å². The molecule has 0 heterocycles. The average molecular weight is 338 g/mol. The molecule has 0 saturated carbocycles. The minimum absolute atomic E-state index is 0.0868. The molecule has 0 atom stereocenters. The van der Waals surface area contributed by atoms with Crippen LogP contribution in [-0.4, -0.2) is 19.7 Å². The first kappa shape index (κ1) is 17.7. The normalized spacial score (nSPS) is 11.0. The van der Waals surface area contributed by atoms with Crippen LogP contribution in [0.15, 0.2) is 48.5 Å². The molecule has 0 unspecified atom stereocenters. The summed E-state index contributed by atoms with van der Waals surface area (Å²) in [7, 11) is 1.57. The van der Waals surface area contributed by atoms with Gasteiger partial charge in [-0.1, -0.05) is 18.2 Å². The first-order valence-corrected chi connectivity index (χ1v) is 7.23. The van der Waals surface area contributed by atoms with Crippen molar-refractivity contribution in [3.05, 3.63) is 59.7 Å². The SMILES string of the molecule is COc1cccc(CCNC(=O)Nc2cccc(C(F)(F)F)c2)c1. The summed E-state index contributed by atoms with van der Waals surface area (Å²) in [6.45, 7) is 0.345. The molecule has 0 aliphatic heterocycles. The van der Waals surface area contributed by atoms with Crippen LogP contribution in [0, 0.1) is 0 Å². The Morgan fingerprint density at radius 2 is 1.88 bits per heavy atom. The minimum atomic E-state index is -4.44. The quantitative estimate of drug-likeness (QED) is 0.863. The standard InChI is InChI=1S/C17H17F3N2O2/c1-24-15-7-2-4-12(10-15)8-9-21-16(23)22-14-6-3-5-13(11-14)17(18,19)20/h2-7,10-11H,8-9H2,1H3,(H2,21,22,23). The number of alkyl halides is 3. The van der Waals surface area contributed by atoms with Crippen molar-refractivity contribution < 1.29 is 22.7 Å². The van der Waals surface area contributed by atoms with E-state index in [1.165, 1.54) is 12.1 Å². The highest BCUT2D eigenvalue weighted by atomic mass is 19.4. The van der Waals surface area contributed by atoms with Crippen LogP contribution in [0.1, 0.15) is 11.1 Å². The van der Waals surface area contributed by atoms with E-state index in [-0.39, 0.29) is 5.69 Å². The number of carbonyl (C=O) groups excluding carboxylic acids is 1. The number of nitrogens with one attached hydrogen (secondary N) is 2. The van der Waals surface area contributed by atoms with Crippen molar-refractivity contribution in [2.75, 3.05) is 19.0 Å². The first-order chi connectivity index (χ1) is 11.4. The predicted molar refractivity (Wildman–Crippen MR) is 85.2 cm³/mol. The number of hydrogen-bond acceptors (Lipinski definition) is 2. The number of benzene rings is 2. The molecular weight excluding hydrogens is 321 g/mol. The maximum atomic E-state index is 12.6. The van der Waals surface area contributed by atoms with E-state index in [9.17, 15) is 18.0 Å². The summed E-state index contributed by atoms with van der Waals surface area (Å²) in [5, 5.41) is 4.99. The third-order valence-electron chi connectivity index (χ3n) is 3.28. The monoisotopic (exact) mass is 338 g/mol. The van der Waals surface area contributed by atoms with Crippen LogP contribution in [0.2, 0.25) is 0 Å². The number of halogens is 3. The maximum absolute atomic E-state index is 12.6. The number of methoxy groups -OCH3 is 1. The topological polar surface area (TPSA) is 50.4 Å². The lowest BCUT2D eigenvalue weighted by Crippen LogP contribution is -2.30. The van der Waals surface area contributed by atoms with E-state index in [2.05, 4.69) is 10.6 Å². The number of ether oxygens (including phenoxy) is 1. The molecule has 128 valence electrons. The zero-order chi connectivity index (χ0) is 17.6. The van der Waals surface area contributed by atoms with Gasteiger partial charge in [-0.25, -0.2) is 4.79 Å². The molecular formula is C17H17F3N2O2. The molecule has 0 fully saturated rings. The second kappa shape index (κ2) is 7.72. The Morgan fingerprint density at radius 1 is 1.12 bits per heavy atom. The van der Waals surface area contributed by atoms with Gasteiger partial charge in [-0.05, 0) is 42.3 Å². The summed E-state index contributed by atoms with van der Waals surface area (Å²) < 4.78 is 43.0. The van der Waals surface area contributed by atoms with Crippen LogP contribution >= 0.6 is 0 Å². The minimum Gasteiger partial charge on any atom is -0.497 e. The van der Waals surface area contributed by atoms with E-state index in [0.717, 1.165) is 23.4 Å². The molecule has 7 heteroatoms. The lowest BCUT2D eigenvalue weighted by molar-refractivity contribution is -0.137. The average Bonchev–Trinajstić information content (AvgIpc) is 2.54. The fourth-order valence-electron chi connectivity index (χ4n) is 2.10. The summed E-state index contributed by atoms with van der Waals surface area (Å²) >= 11 is 0. The fourth-order valence-corrected chi connectivity index (χ4v) is 2.10. The maximum Gasteiger partial charge on any atom is 0.416 e. The van der Waals surface area contributed by atoms with Crippen molar-refractivity contribution in [3.63, 3.8) is 0 Å². The molecule has 0 aliphatic rings. The second-order valence-electron chi connectivity index (χ2n) is 5.06. The summed E-state index contributed by atoms with van der Waals surface area (Å²) in [5.74, 6) is 0.723. The number of rotatable bonds is 5. The molecule has 2 amide bonds. The number of amides is 2. The van der Waals surface area contributed by atoms with Crippen LogP contribution in [0.5, 0.6) is 5.75 Å². The van der Waals surface area contributed by atoms with E-state index < -0.39 is 17.8 Å². The Bertz CT molecular complexity index is 702. The Balaban J connectivity index is 1.85. The highest BCUT2D eigenvalue weighted by molar-refractivity contribution is 5.89. The molecule has 2 N–H and O–H groups in total. The van der Waals surface area contributed by atoms with Crippen molar-refractivity contribution in [1.82, 2.24) is 5.32 Å². The molecule has 0 radical (unpaired) electrons. The number of anilines is 1. The Hall–Kier alpha value is -2.70. The van der Waals surface area contributed by atoms with E-state index in [0.29, 0.717) is 13.0 Å². The van der Waals surface area contributed by atoms with Gasteiger partial charge in [0.15, 0.2) is 0 Å². The molecule has 2 aromatic rings. The van der Waals surface area contributed by atoms with Gasteiger partial charge in [0.25, 0.3) is 0 Å². The molecule has 0 aliphatic carbocycles. The van der Waals surface area contributed by atoms with Gasteiger partial charge < -0.3 is 15.4 Å². The van der Waals surface area contributed by atoms with E-state index in [4.69, 9.17) is 4.74 Å². The lowest BCUT2D eigenvalue weighted by atomic mass is 10.1. The molecule has 2 rings (SSSR count). The molecule has 0 saturated heterocycles. The third-order valence-corrected chi connectivity index (χ3v) is 3.28. The zero-order valence-electron chi connectivity index (χ0n) is 13.0. The van der Waals surface area contributed by atoms with Crippen molar-refractivity contribution >= 4 is 11.7 Å². The van der Waals surface area contributed by atoms with Gasteiger partial charge in [0.05, 0.1) is 12.7 Å². The molecule has 0 aromatic heterocycles. The summed E-state index contributed by atoms with van der Waals surface area (Å²) in [6.07, 6.45) is -3.87. The molecule has 0 bridgehead atoms. The van der Waals surface area contributed by atoms with E-state index in [1.54, 1.807) is 7.11 Å². The molecule has 4 nitrogen and oxygen atoms in total. The number of urea groups is 1.